The molecule has 0 aliphatic rings. The summed E-state index contributed by atoms with van der Waals surface area (Å²) in [5.41, 5.74) is 0.644. The minimum Gasteiger partial charge on any atom is -0.471 e. The first-order valence-corrected chi connectivity index (χ1v) is 5.81. The maximum Gasteiger partial charge on any atom is 0.251 e. The maximum absolute atomic E-state index is 13.7. The predicted molar refractivity (Wildman–Crippen MR) is 64.5 cm³/mol. The summed E-state index contributed by atoms with van der Waals surface area (Å²) in [4.78, 5) is 3.75. The molecule has 2 nitrogen and oxygen atoms in total. The zero-order valence-corrected chi connectivity index (χ0v) is 10.1. The highest BCUT2D eigenvalue weighted by atomic mass is 35.5. The minimum atomic E-state index is -0.608. The van der Waals surface area contributed by atoms with E-state index in [1.54, 1.807) is 18.2 Å². The van der Waals surface area contributed by atoms with E-state index in [2.05, 4.69) is 4.98 Å². The Morgan fingerprint density at radius 1 is 1.11 bits per heavy atom. The van der Waals surface area contributed by atoms with E-state index in [1.165, 1.54) is 18.3 Å². The Bertz CT molecular complexity index is 548. The van der Waals surface area contributed by atoms with Gasteiger partial charge in [0.05, 0.1) is 5.88 Å². The van der Waals surface area contributed by atoms with Crippen LogP contribution in [-0.4, -0.2) is 4.98 Å². The van der Waals surface area contributed by atoms with E-state index in [0.29, 0.717) is 11.1 Å². The molecule has 0 bridgehead atoms. The second kappa shape index (κ2) is 5.78. The van der Waals surface area contributed by atoms with Crippen LogP contribution in [0.3, 0.4) is 0 Å². The lowest BCUT2D eigenvalue weighted by molar-refractivity contribution is 0.271. The van der Waals surface area contributed by atoms with E-state index in [1.807, 2.05) is 0 Å². The highest BCUT2D eigenvalue weighted by Gasteiger charge is 2.11. The lowest BCUT2D eigenvalue weighted by atomic mass is 10.2. The van der Waals surface area contributed by atoms with Gasteiger partial charge >= 0.3 is 0 Å². The number of rotatable bonds is 4. The summed E-state index contributed by atoms with van der Waals surface area (Å²) in [6.45, 7) is -0.0810. The molecule has 0 unspecified atom stereocenters. The van der Waals surface area contributed by atoms with Crippen molar-refractivity contribution in [2.24, 2.45) is 0 Å². The molecule has 2 aromatic rings. The summed E-state index contributed by atoms with van der Waals surface area (Å²) in [5, 5.41) is 0. The smallest absolute Gasteiger partial charge is 0.251 e. The molecule has 0 saturated carbocycles. The fraction of sp³-hybridized carbons (Fsp3) is 0.154. The highest BCUT2D eigenvalue weighted by Crippen LogP contribution is 2.20. The number of hydrogen-bond acceptors (Lipinski definition) is 2. The van der Waals surface area contributed by atoms with E-state index in [-0.39, 0.29) is 18.4 Å². The average molecular weight is 270 g/mol. The van der Waals surface area contributed by atoms with Crippen LogP contribution >= 0.6 is 11.6 Å². The predicted octanol–water partition coefficient (Wildman–Crippen LogP) is 3.68. The molecule has 1 aromatic carbocycles. The minimum absolute atomic E-state index is 0.0322. The largest absolute Gasteiger partial charge is 0.471 e. The van der Waals surface area contributed by atoms with Gasteiger partial charge < -0.3 is 4.74 Å². The van der Waals surface area contributed by atoms with Gasteiger partial charge in [-0.25, -0.2) is 13.8 Å². The summed E-state index contributed by atoms with van der Waals surface area (Å²) in [5.74, 6) is -1.14. The van der Waals surface area contributed by atoms with Crippen molar-refractivity contribution in [3.05, 3.63) is 59.3 Å². The zero-order chi connectivity index (χ0) is 13.0. The van der Waals surface area contributed by atoms with Gasteiger partial charge in [0.25, 0.3) is 5.88 Å². The summed E-state index contributed by atoms with van der Waals surface area (Å²) in [6, 6.07) is 7.61. The van der Waals surface area contributed by atoms with Gasteiger partial charge in [0.15, 0.2) is 5.82 Å². The highest BCUT2D eigenvalue weighted by molar-refractivity contribution is 6.17. The lowest BCUT2D eigenvalue weighted by Crippen LogP contribution is -2.02. The first-order valence-electron chi connectivity index (χ1n) is 5.28. The molecule has 0 aliphatic heterocycles. The van der Waals surface area contributed by atoms with Crippen molar-refractivity contribution in [2.75, 3.05) is 0 Å². The Morgan fingerprint density at radius 3 is 2.61 bits per heavy atom. The van der Waals surface area contributed by atoms with Gasteiger partial charge in [0, 0.05) is 17.3 Å². The molecule has 5 heteroatoms. The Balaban J connectivity index is 2.14. The number of pyridine rings is 1. The molecule has 0 saturated heterocycles. The first-order chi connectivity index (χ1) is 8.72. The summed E-state index contributed by atoms with van der Waals surface area (Å²) in [6.07, 6.45) is 1.40. The van der Waals surface area contributed by atoms with Crippen molar-refractivity contribution in [3.8, 4) is 5.88 Å². The zero-order valence-electron chi connectivity index (χ0n) is 9.37. The van der Waals surface area contributed by atoms with Gasteiger partial charge in [0.1, 0.15) is 12.4 Å². The number of aromatic nitrogens is 1. The quantitative estimate of drug-likeness (QED) is 0.790. The number of alkyl halides is 1. The van der Waals surface area contributed by atoms with Gasteiger partial charge in [-0.3, -0.25) is 0 Å². The molecule has 2 rings (SSSR count). The molecule has 0 spiro atoms. The van der Waals surface area contributed by atoms with Gasteiger partial charge in [-0.1, -0.05) is 18.2 Å². The molecule has 1 aromatic heterocycles. The summed E-state index contributed by atoms with van der Waals surface area (Å²) >= 11 is 5.56. The van der Waals surface area contributed by atoms with E-state index < -0.39 is 11.6 Å². The van der Waals surface area contributed by atoms with Crippen LogP contribution in [0.1, 0.15) is 11.1 Å². The Kier molecular flexibility index (Phi) is 4.10. The van der Waals surface area contributed by atoms with Gasteiger partial charge in [-0.15, -0.1) is 11.6 Å². The Hall–Kier alpha value is -1.68. The third-order valence-electron chi connectivity index (χ3n) is 2.40. The number of nitrogens with zero attached hydrogens (tertiary/aromatic N) is 1. The number of halogens is 3. The third kappa shape index (κ3) is 2.76. The second-order valence-electron chi connectivity index (χ2n) is 3.60. The van der Waals surface area contributed by atoms with Crippen molar-refractivity contribution in [3.63, 3.8) is 0 Å². The molecule has 0 fully saturated rings. The maximum atomic E-state index is 13.7. The van der Waals surface area contributed by atoms with Crippen LogP contribution in [0.2, 0.25) is 0 Å². The molecule has 0 radical (unpaired) electrons. The summed E-state index contributed by atoms with van der Waals surface area (Å²) < 4.78 is 32.2. The Morgan fingerprint density at radius 2 is 1.89 bits per heavy atom. The monoisotopic (exact) mass is 269 g/mol. The molecule has 0 N–H and O–H groups in total. The molecular weight excluding hydrogens is 260 g/mol. The van der Waals surface area contributed by atoms with E-state index >= 15 is 0 Å². The normalized spacial score (nSPS) is 10.4. The van der Waals surface area contributed by atoms with Crippen LogP contribution in [-0.2, 0) is 12.5 Å². The van der Waals surface area contributed by atoms with Crippen molar-refractivity contribution in [1.29, 1.82) is 0 Å². The molecular formula is C13H10ClF2NO. The van der Waals surface area contributed by atoms with E-state index in [0.717, 1.165) is 0 Å². The standard InChI is InChI=1S/C13H10ClF2NO/c14-7-9-5-6-17-13(12(9)16)18-8-10-3-1-2-4-11(10)15/h1-6H,7-8H2. The first kappa shape index (κ1) is 12.8. The number of ether oxygens (including phenoxy) is 1. The van der Waals surface area contributed by atoms with Gasteiger partial charge in [0.2, 0.25) is 0 Å². The van der Waals surface area contributed by atoms with Crippen molar-refractivity contribution < 1.29 is 13.5 Å². The fourth-order valence-corrected chi connectivity index (χ4v) is 1.63. The van der Waals surface area contributed by atoms with Crippen LogP contribution in [0.25, 0.3) is 0 Å². The van der Waals surface area contributed by atoms with Crippen LogP contribution in [0.5, 0.6) is 5.88 Å². The molecule has 0 aliphatic carbocycles. The van der Waals surface area contributed by atoms with Crippen molar-refractivity contribution in [2.45, 2.75) is 12.5 Å². The molecule has 94 valence electrons. The van der Waals surface area contributed by atoms with Crippen LogP contribution in [0.15, 0.2) is 36.5 Å². The van der Waals surface area contributed by atoms with Gasteiger partial charge in [-0.05, 0) is 12.1 Å². The number of hydrogen-bond donors (Lipinski definition) is 0. The van der Waals surface area contributed by atoms with E-state index in [4.69, 9.17) is 16.3 Å². The second-order valence-corrected chi connectivity index (χ2v) is 3.87. The lowest BCUT2D eigenvalue weighted by Gasteiger charge is -2.08. The third-order valence-corrected chi connectivity index (χ3v) is 2.69. The Labute approximate surface area is 108 Å². The average Bonchev–Trinajstić information content (AvgIpc) is 2.39. The molecule has 0 atom stereocenters. The van der Waals surface area contributed by atoms with Gasteiger partial charge in [-0.2, -0.15) is 0 Å². The van der Waals surface area contributed by atoms with Crippen molar-refractivity contribution >= 4 is 11.6 Å². The van der Waals surface area contributed by atoms with Crippen molar-refractivity contribution in [1.82, 2.24) is 4.98 Å². The molecule has 18 heavy (non-hydrogen) atoms. The number of benzene rings is 1. The topological polar surface area (TPSA) is 22.1 Å². The molecule has 0 amide bonds. The fourth-order valence-electron chi connectivity index (χ4n) is 1.43. The van der Waals surface area contributed by atoms with Crippen LogP contribution in [0.4, 0.5) is 8.78 Å². The van der Waals surface area contributed by atoms with Crippen LogP contribution in [0, 0.1) is 11.6 Å². The van der Waals surface area contributed by atoms with E-state index in [9.17, 15) is 8.78 Å². The summed E-state index contributed by atoms with van der Waals surface area (Å²) in [7, 11) is 0. The molecule has 1 heterocycles. The SMILES string of the molecule is Fc1ccccc1COc1nccc(CCl)c1F. The van der Waals surface area contributed by atoms with Crippen LogP contribution < -0.4 is 4.74 Å².